The Bertz CT molecular complexity index is 604. The molecule has 6 heteroatoms. The minimum atomic E-state index is -1.25. The molecule has 4 atom stereocenters. The van der Waals surface area contributed by atoms with Gasteiger partial charge in [0, 0.05) is 0 Å². The van der Waals surface area contributed by atoms with Gasteiger partial charge in [0.1, 0.15) is 12.2 Å². The molecule has 0 aromatic heterocycles. The van der Waals surface area contributed by atoms with E-state index in [1.807, 2.05) is 0 Å². The fourth-order valence-electron chi connectivity index (χ4n) is 6.34. The van der Waals surface area contributed by atoms with E-state index in [-0.39, 0.29) is 0 Å². The van der Waals surface area contributed by atoms with Gasteiger partial charge >= 0.3 is 0 Å². The van der Waals surface area contributed by atoms with Crippen LogP contribution in [0.5, 0.6) is 0 Å². The number of rotatable bonds is 36. The highest BCUT2D eigenvalue weighted by molar-refractivity contribution is 5.80. The van der Waals surface area contributed by atoms with Gasteiger partial charge < -0.3 is 25.7 Å². The molecule has 0 aromatic rings. The minimum Gasteiger partial charge on any atom is -0.394 e. The Balaban J connectivity index is 3.70. The maximum absolute atomic E-state index is 12.4. The zero-order chi connectivity index (χ0) is 33.2. The summed E-state index contributed by atoms with van der Waals surface area (Å²) in [7, 11) is 0. The number of amides is 1. The smallest absolute Gasteiger partial charge is 0.249 e. The zero-order valence-electron chi connectivity index (χ0n) is 30.1. The van der Waals surface area contributed by atoms with Crippen LogP contribution in [0.4, 0.5) is 0 Å². The lowest BCUT2D eigenvalue weighted by Crippen LogP contribution is -2.53. The Hall–Kier alpha value is -0.690. The summed E-state index contributed by atoms with van der Waals surface area (Å²) >= 11 is 0. The Morgan fingerprint density at radius 3 is 1.07 bits per heavy atom. The van der Waals surface area contributed by atoms with Crippen molar-refractivity contribution < 1.29 is 25.2 Å². The predicted molar refractivity (Wildman–Crippen MR) is 192 cm³/mol. The Morgan fingerprint density at radius 2 is 0.756 bits per heavy atom. The van der Waals surface area contributed by atoms with Gasteiger partial charge in [-0.05, 0) is 12.8 Å². The van der Waals surface area contributed by atoms with E-state index in [1.54, 1.807) is 0 Å². The molecule has 270 valence electrons. The molecule has 0 fully saturated rings. The molecule has 0 aliphatic carbocycles. The van der Waals surface area contributed by atoms with E-state index in [9.17, 15) is 25.2 Å². The lowest BCUT2D eigenvalue weighted by Gasteiger charge is -2.27. The van der Waals surface area contributed by atoms with Crippen LogP contribution >= 0.6 is 0 Å². The summed E-state index contributed by atoms with van der Waals surface area (Å²) < 4.78 is 0. The Kier molecular flexibility index (Phi) is 34.1. The molecule has 0 spiro atoms. The van der Waals surface area contributed by atoms with Gasteiger partial charge in [-0.15, -0.1) is 0 Å². The molecule has 0 bridgehead atoms. The minimum absolute atomic E-state index is 0.375. The quantitative estimate of drug-likeness (QED) is 0.0438. The lowest BCUT2D eigenvalue weighted by molar-refractivity contribution is -0.132. The second kappa shape index (κ2) is 34.6. The van der Waals surface area contributed by atoms with E-state index in [1.165, 1.54) is 148 Å². The molecule has 1 amide bonds. The second-order valence-corrected chi connectivity index (χ2v) is 14.0. The molecule has 0 aliphatic rings. The average Bonchev–Trinajstić information content (AvgIpc) is 3.04. The predicted octanol–water partition coefficient (Wildman–Crippen LogP) is 9.68. The molecular formula is C39H79NO5. The third-order valence-corrected chi connectivity index (χ3v) is 9.57. The standard InChI is InChI=1S/C39H79NO5/c1-3-5-7-9-11-13-15-16-17-18-19-20-21-22-23-25-27-29-31-33-37(43)39(45)40-35(34-41)38(44)36(42)32-30-28-26-24-14-12-10-8-6-4-2/h35-38,41-44H,3-34H2,1-2H3,(H,40,45)/t35-,36+,37+,38-/m0/s1. The number of carbonyl (C=O) groups excluding carboxylic acids is 1. The summed E-state index contributed by atoms with van der Waals surface area (Å²) in [5.41, 5.74) is 0. The topological polar surface area (TPSA) is 110 Å². The average molecular weight is 642 g/mol. The van der Waals surface area contributed by atoms with Crippen LogP contribution in [0, 0.1) is 0 Å². The first-order valence-corrected chi connectivity index (χ1v) is 19.9. The van der Waals surface area contributed by atoms with Crippen molar-refractivity contribution >= 4 is 5.91 Å². The number of nitrogens with one attached hydrogen (secondary N) is 1. The summed E-state index contributed by atoms with van der Waals surface area (Å²) in [6.45, 7) is 4.03. The van der Waals surface area contributed by atoms with Crippen LogP contribution in [0.3, 0.4) is 0 Å². The molecule has 0 saturated carbocycles. The van der Waals surface area contributed by atoms with E-state index in [2.05, 4.69) is 19.2 Å². The summed E-state index contributed by atoms with van der Waals surface area (Å²) in [6.07, 6.45) is 34.2. The second-order valence-electron chi connectivity index (χ2n) is 14.0. The lowest BCUT2D eigenvalue weighted by atomic mass is 9.99. The number of aliphatic hydroxyl groups excluding tert-OH is 4. The molecule has 0 unspecified atom stereocenters. The van der Waals surface area contributed by atoms with Crippen molar-refractivity contribution in [3.05, 3.63) is 0 Å². The van der Waals surface area contributed by atoms with Crippen LogP contribution in [0.15, 0.2) is 0 Å². The van der Waals surface area contributed by atoms with Crippen molar-refractivity contribution in [3.8, 4) is 0 Å². The van der Waals surface area contributed by atoms with E-state index < -0.39 is 36.9 Å². The molecule has 0 aromatic carbocycles. The first kappa shape index (κ1) is 44.3. The summed E-state index contributed by atoms with van der Waals surface area (Å²) in [6, 6.07) is -0.977. The molecule has 0 rings (SSSR count). The van der Waals surface area contributed by atoms with Crippen molar-refractivity contribution in [2.45, 2.75) is 237 Å². The molecule has 0 radical (unpaired) electrons. The largest absolute Gasteiger partial charge is 0.394 e. The highest BCUT2D eigenvalue weighted by Crippen LogP contribution is 2.16. The first-order chi connectivity index (χ1) is 22.0. The molecule has 45 heavy (non-hydrogen) atoms. The summed E-state index contributed by atoms with van der Waals surface area (Å²) in [5.74, 6) is -0.582. The van der Waals surface area contributed by atoms with Gasteiger partial charge in [-0.25, -0.2) is 0 Å². The molecule has 5 N–H and O–H groups in total. The fourth-order valence-corrected chi connectivity index (χ4v) is 6.34. The third-order valence-electron chi connectivity index (χ3n) is 9.57. The maximum atomic E-state index is 12.4. The number of aliphatic hydroxyl groups is 4. The van der Waals surface area contributed by atoms with Gasteiger partial charge in [0.15, 0.2) is 0 Å². The van der Waals surface area contributed by atoms with E-state index in [0.29, 0.717) is 12.8 Å². The van der Waals surface area contributed by atoms with Crippen LogP contribution in [-0.2, 0) is 4.79 Å². The van der Waals surface area contributed by atoms with Crippen molar-refractivity contribution in [2.75, 3.05) is 6.61 Å². The van der Waals surface area contributed by atoms with Gasteiger partial charge in [0.25, 0.3) is 0 Å². The normalized spacial score (nSPS) is 14.4. The van der Waals surface area contributed by atoms with Gasteiger partial charge in [0.2, 0.25) is 5.91 Å². The molecular weight excluding hydrogens is 562 g/mol. The van der Waals surface area contributed by atoms with Crippen molar-refractivity contribution in [2.24, 2.45) is 0 Å². The summed E-state index contributed by atoms with van der Waals surface area (Å²) in [5, 5.41) is 43.4. The van der Waals surface area contributed by atoms with E-state index in [4.69, 9.17) is 0 Å². The van der Waals surface area contributed by atoms with Crippen LogP contribution in [0.25, 0.3) is 0 Å². The van der Waals surface area contributed by atoms with Gasteiger partial charge in [0.05, 0.1) is 18.8 Å². The van der Waals surface area contributed by atoms with Crippen LogP contribution in [-0.4, -0.2) is 57.3 Å². The molecule has 0 aliphatic heterocycles. The number of carbonyl (C=O) groups is 1. The number of hydrogen-bond acceptors (Lipinski definition) is 5. The fraction of sp³-hybridized carbons (Fsp3) is 0.974. The highest BCUT2D eigenvalue weighted by atomic mass is 16.3. The van der Waals surface area contributed by atoms with Gasteiger partial charge in [-0.3, -0.25) is 4.79 Å². The van der Waals surface area contributed by atoms with Crippen molar-refractivity contribution in [1.82, 2.24) is 5.32 Å². The highest BCUT2D eigenvalue weighted by Gasteiger charge is 2.28. The van der Waals surface area contributed by atoms with Crippen LogP contribution < -0.4 is 5.32 Å². The van der Waals surface area contributed by atoms with Crippen molar-refractivity contribution in [3.63, 3.8) is 0 Å². The SMILES string of the molecule is CCCCCCCCCCCCCCCCCCCCC[C@@H](O)C(=O)N[C@@H](CO)[C@H](O)[C@H](O)CCCCCCCCCCCC. The maximum Gasteiger partial charge on any atom is 0.249 e. The van der Waals surface area contributed by atoms with Gasteiger partial charge in [-0.2, -0.15) is 0 Å². The monoisotopic (exact) mass is 642 g/mol. The van der Waals surface area contributed by atoms with Gasteiger partial charge in [-0.1, -0.05) is 200 Å². The Labute approximate surface area is 279 Å². The summed E-state index contributed by atoms with van der Waals surface area (Å²) in [4.78, 5) is 12.4. The molecule has 6 nitrogen and oxygen atoms in total. The third kappa shape index (κ3) is 29.2. The first-order valence-electron chi connectivity index (χ1n) is 19.9. The molecule has 0 saturated heterocycles. The number of unbranched alkanes of at least 4 members (excludes halogenated alkanes) is 27. The van der Waals surface area contributed by atoms with E-state index in [0.717, 1.165) is 38.5 Å². The molecule has 0 heterocycles. The van der Waals surface area contributed by atoms with E-state index >= 15 is 0 Å². The van der Waals surface area contributed by atoms with Crippen LogP contribution in [0.1, 0.15) is 213 Å². The number of hydrogen-bond donors (Lipinski definition) is 5. The Morgan fingerprint density at radius 1 is 0.467 bits per heavy atom. The van der Waals surface area contributed by atoms with Crippen molar-refractivity contribution in [1.29, 1.82) is 0 Å². The van der Waals surface area contributed by atoms with Crippen LogP contribution in [0.2, 0.25) is 0 Å². The zero-order valence-corrected chi connectivity index (χ0v) is 30.1.